The highest BCUT2D eigenvalue weighted by Gasteiger charge is 2.39. The molecule has 1 aromatic rings. The van der Waals surface area contributed by atoms with Gasteiger partial charge in [0.15, 0.2) is 0 Å². The van der Waals surface area contributed by atoms with E-state index in [-0.39, 0.29) is 17.9 Å². The van der Waals surface area contributed by atoms with E-state index in [0.717, 1.165) is 12.8 Å². The summed E-state index contributed by atoms with van der Waals surface area (Å²) in [5.41, 5.74) is 1.18. The lowest BCUT2D eigenvalue weighted by Gasteiger charge is -2.22. The van der Waals surface area contributed by atoms with E-state index in [1.165, 1.54) is 5.56 Å². The predicted molar refractivity (Wildman–Crippen MR) is 65.9 cm³/mol. The largest absolute Gasteiger partial charge is 0.367 e. The van der Waals surface area contributed by atoms with E-state index in [2.05, 4.69) is 19.1 Å². The minimum absolute atomic E-state index is 0.0151. The van der Waals surface area contributed by atoms with E-state index in [1.807, 2.05) is 30.2 Å². The number of hydrogen-bond donors (Lipinski definition) is 0. The van der Waals surface area contributed by atoms with Crippen molar-refractivity contribution in [3.8, 4) is 0 Å². The van der Waals surface area contributed by atoms with Gasteiger partial charge in [-0.15, -0.1) is 5.06 Å². The molecule has 0 N–H and O–H groups in total. The molecule has 0 radical (unpaired) electrons. The number of hydroxylamine groups is 2. The molecule has 0 bridgehead atoms. The monoisotopic (exact) mass is 233 g/mol. The summed E-state index contributed by atoms with van der Waals surface area (Å²) in [6.07, 6.45) is 2.07. The van der Waals surface area contributed by atoms with Crippen molar-refractivity contribution in [3.63, 3.8) is 0 Å². The summed E-state index contributed by atoms with van der Waals surface area (Å²) in [4.78, 5) is 16.9. The summed E-state index contributed by atoms with van der Waals surface area (Å²) < 4.78 is 0. The van der Waals surface area contributed by atoms with Crippen molar-refractivity contribution in [1.29, 1.82) is 0 Å². The van der Waals surface area contributed by atoms with E-state index in [1.54, 1.807) is 0 Å². The van der Waals surface area contributed by atoms with Crippen LogP contribution in [0.15, 0.2) is 30.3 Å². The average Bonchev–Trinajstić information content (AvgIpc) is 2.59. The summed E-state index contributed by atoms with van der Waals surface area (Å²) in [6.45, 7) is 4.77. The van der Waals surface area contributed by atoms with Crippen molar-refractivity contribution >= 4 is 5.97 Å². The van der Waals surface area contributed by atoms with Gasteiger partial charge in [-0.2, -0.15) is 0 Å². The number of rotatable bonds is 4. The van der Waals surface area contributed by atoms with Crippen molar-refractivity contribution in [1.82, 2.24) is 5.06 Å². The van der Waals surface area contributed by atoms with Gasteiger partial charge in [-0.3, -0.25) is 0 Å². The molecule has 1 saturated heterocycles. The van der Waals surface area contributed by atoms with Crippen molar-refractivity contribution in [2.45, 2.75) is 39.3 Å². The molecule has 0 amide bonds. The van der Waals surface area contributed by atoms with E-state index in [4.69, 9.17) is 4.84 Å². The highest BCUT2D eigenvalue weighted by atomic mass is 16.7. The predicted octanol–water partition coefficient (Wildman–Crippen LogP) is 2.77. The first kappa shape index (κ1) is 12.1. The Bertz CT molecular complexity index is 377. The SMILES string of the molecule is CCCC1C(C)C(=O)ON1Cc1ccccc1. The molecule has 1 aliphatic rings. The molecule has 92 valence electrons. The van der Waals surface area contributed by atoms with Gasteiger partial charge in [0.1, 0.15) is 0 Å². The lowest BCUT2D eigenvalue weighted by molar-refractivity contribution is -0.178. The molecule has 2 atom stereocenters. The first-order valence-corrected chi connectivity index (χ1v) is 6.24. The van der Waals surface area contributed by atoms with Crippen LogP contribution in [-0.2, 0) is 16.2 Å². The average molecular weight is 233 g/mol. The smallest absolute Gasteiger partial charge is 0.329 e. The zero-order valence-corrected chi connectivity index (χ0v) is 10.4. The second-order valence-electron chi connectivity index (χ2n) is 4.62. The number of hydrogen-bond acceptors (Lipinski definition) is 3. The molecule has 2 unspecified atom stereocenters. The van der Waals surface area contributed by atoms with Crippen LogP contribution >= 0.6 is 0 Å². The summed E-state index contributed by atoms with van der Waals surface area (Å²) in [6, 6.07) is 10.3. The van der Waals surface area contributed by atoms with Crippen molar-refractivity contribution in [2.75, 3.05) is 0 Å². The fourth-order valence-corrected chi connectivity index (χ4v) is 2.28. The van der Waals surface area contributed by atoms with Gasteiger partial charge in [0.05, 0.1) is 18.5 Å². The van der Waals surface area contributed by atoms with Gasteiger partial charge in [0, 0.05) is 0 Å². The Kier molecular flexibility index (Phi) is 3.79. The second kappa shape index (κ2) is 5.32. The van der Waals surface area contributed by atoms with Crippen molar-refractivity contribution in [3.05, 3.63) is 35.9 Å². The minimum Gasteiger partial charge on any atom is -0.367 e. The summed E-state index contributed by atoms with van der Waals surface area (Å²) in [5, 5.41) is 1.84. The van der Waals surface area contributed by atoms with Gasteiger partial charge in [0.25, 0.3) is 0 Å². The summed E-state index contributed by atoms with van der Waals surface area (Å²) in [5.74, 6) is -0.113. The Morgan fingerprint density at radius 2 is 2.00 bits per heavy atom. The Morgan fingerprint density at radius 1 is 1.29 bits per heavy atom. The third kappa shape index (κ3) is 2.67. The van der Waals surface area contributed by atoms with Crippen LogP contribution in [-0.4, -0.2) is 17.1 Å². The molecular formula is C14H19NO2. The van der Waals surface area contributed by atoms with Crippen LogP contribution in [0.5, 0.6) is 0 Å². The topological polar surface area (TPSA) is 29.5 Å². The fourth-order valence-electron chi connectivity index (χ4n) is 2.28. The molecular weight excluding hydrogens is 214 g/mol. The number of carbonyl (C=O) groups is 1. The zero-order chi connectivity index (χ0) is 12.3. The van der Waals surface area contributed by atoms with Gasteiger partial charge < -0.3 is 4.84 Å². The van der Waals surface area contributed by atoms with Gasteiger partial charge in [0.2, 0.25) is 0 Å². The molecule has 1 aromatic carbocycles. The highest BCUT2D eigenvalue weighted by molar-refractivity contribution is 5.74. The number of nitrogens with zero attached hydrogens (tertiary/aromatic N) is 1. The maximum atomic E-state index is 11.6. The van der Waals surface area contributed by atoms with E-state index < -0.39 is 0 Å². The fraction of sp³-hybridized carbons (Fsp3) is 0.500. The van der Waals surface area contributed by atoms with Gasteiger partial charge in [-0.05, 0) is 12.0 Å². The Labute approximate surface area is 102 Å². The van der Waals surface area contributed by atoms with E-state index in [9.17, 15) is 4.79 Å². The lowest BCUT2D eigenvalue weighted by atomic mass is 9.98. The molecule has 0 saturated carbocycles. The van der Waals surface area contributed by atoms with Crippen LogP contribution in [0.25, 0.3) is 0 Å². The van der Waals surface area contributed by atoms with Crippen molar-refractivity contribution in [2.24, 2.45) is 5.92 Å². The maximum Gasteiger partial charge on any atom is 0.329 e. The first-order chi connectivity index (χ1) is 8.22. The van der Waals surface area contributed by atoms with Crippen LogP contribution in [0, 0.1) is 5.92 Å². The normalized spacial score (nSPS) is 24.9. The summed E-state index contributed by atoms with van der Waals surface area (Å²) >= 11 is 0. The molecule has 0 aromatic heterocycles. The van der Waals surface area contributed by atoms with Crippen LogP contribution in [0.2, 0.25) is 0 Å². The molecule has 1 aliphatic heterocycles. The Balaban J connectivity index is 2.07. The van der Waals surface area contributed by atoms with Crippen LogP contribution in [0.4, 0.5) is 0 Å². The van der Waals surface area contributed by atoms with Crippen molar-refractivity contribution < 1.29 is 9.63 Å². The van der Waals surface area contributed by atoms with Crippen LogP contribution in [0.3, 0.4) is 0 Å². The quantitative estimate of drug-likeness (QED) is 0.801. The summed E-state index contributed by atoms with van der Waals surface area (Å²) in [7, 11) is 0. The molecule has 2 rings (SSSR count). The second-order valence-corrected chi connectivity index (χ2v) is 4.62. The Morgan fingerprint density at radius 3 is 2.65 bits per heavy atom. The van der Waals surface area contributed by atoms with Gasteiger partial charge in [-0.25, -0.2) is 4.79 Å². The zero-order valence-electron chi connectivity index (χ0n) is 10.4. The van der Waals surface area contributed by atoms with E-state index >= 15 is 0 Å². The Hall–Kier alpha value is -1.35. The van der Waals surface area contributed by atoms with E-state index in [0.29, 0.717) is 6.54 Å². The number of carbonyl (C=O) groups excluding carboxylic acids is 1. The standard InChI is InChI=1S/C14H19NO2/c1-3-7-13-11(2)14(16)17-15(13)10-12-8-5-4-6-9-12/h4-6,8-9,11,13H,3,7,10H2,1-2H3. The molecule has 1 heterocycles. The van der Waals surface area contributed by atoms with Crippen LogP contribution < -0.4 is 0 Å². The molecule has 0 spiro atoms. The molecule has 3 nitrogen and oxygen atoms in total. The molecule has 17 heavy (non-hydrogen) atoms. The molecule has 0 aliphatic carbocycles. The molecule has 3 heteroatoms. The first-order valence-electron chi connectivity index (χ1n) is 6.24. The lowest BCUT2D eigenvalue weighted by Crippen LogP contribution is -2.30. The minimum atomic E-state index is -0.0978. The number of benzene rings is 1. The van der Waals surface area contributed by atoms with Gasteiger partial charge >= 0.3 is 5.97 Å². The third-order valence-corrected chi connectivity index (χ3v) is 3.29. The molecule has 1 fully saturated rings. The maximum absolute atomic E-state index is 11.6. The van der Waals surface area contributed by atoms with Gasteiger partial charge in [-0.1, -0.05) is 50.6 Å². The van der Waals surface area contributed by atoms with Crippen LogP contribution in [0.1, 0.15) is 32.3 Å². The highest BCUT2D eigenvalue weighted by Crippen LogP contribution is 2.27. The third-order valence-electron chi connectivity index (χ3n) is 3.29.